The van der Waals surface area contributed by atoms with Crippen LogP contribution in [-0.4, -0.2) is 29.6 Å². The number of carbonyl (C=O) groups is 1. The number of rotatable bonds is 5. The smallest absolute Gasteiger partial charge is 0.271 e. The van der Waals surface area contributed by atoms with Gasteiger partial charge in [-0.15, -0.1) is 0 Å². The van der Waals surface area contributed by atoms with E-state index in [1.807, 2.05) is 6.92 Å². The average molecular weight is 436 g/mol. The van der Waals surface area contributed by atoms with Crippen LogP contribution in [0.15, 0.2) is 58.5 Å². The summed E-state index contributed by atoms with van der Waals surface area (Å²) in [4.78, 5) is 12.4. The number of benzene rings is 2. The van der Waals surface area contributed by atoms with Crippen LogP contribution >= 0.6 is 0 Å². The second-order valence-corrected chi connectivity index (χ2v) is 8.74. The van der Waals surface area contributed by atoms with Gasteiger partial charge in [-0.05, 0) is 57.2 Å². The molecule has 0 saturated heterocycles. The van der Waals surface area contributed by atoms with Crippen molar-refractivity contribution in [2.45, 2.75) is 25.7 Å². The molecule has 8 nitrogen and oxygen atoms in total. The highest BCUT2D eigenvalue weighted by Crippen LogP contribution is 2.22. The van der Waals surface area contributed by atoms with E-state index in [1.54, 1.807) is 50.2 Å². The van der Waals surface area contributed by atoms with Gasteiger partial charge in [0.2, 0.25) is 0 Å². The van der Waals surface area contributed by atoms with Gasteiger partial charge in [0, 0.05) is 22.5 Å². The molecule has 158 valence electrons. The van der Waals surface area contributed by atoms with Crippen LogP contribution in [0.25, 0.3) is 0 Å². The third kappa shape index (κ3) is 4.34. The molecule has 0 radical (unpaired) electrons. The topological polar surface area (TPSA) is 125 Å². The number of nitriles is 1. The van der Waals surface area contributed by atoms with Crippen LogP contribution in [-0.2, 0) is 10.0 Å². The number of aromatic nitrogens is 1. The summed E-state index contributed by atoms with van der Waals surface area (Å²) in [6.45, 7) is 5.21. The first-order valence-corrected chi connectivity index (χ1v) is 10.7. The van der Waals surface area contributed by atoms with Crippen LogP contribution in [0.5, 0.6) is 5.75 Å². The van der Waals surface area contributed by atoms with E-state index in [-0.39, 0.29) is 21.8 Å². The van der Waals surface area contributed by atoms with Crippen molar-refractivity contribution >= 4 is 22.1 Å². The molecule has 1 heterocycles. The van der Waals surface area contributed by atoms with Gasteiger partial charge in [0.25, 0.3) is 15.9 Å². The Hall–Kier alpha value is -3.90. The molecule has 0 aliphatic carbocycles. The largest absolute Gasteiger partial charge is 0.507 e. The second-order valence-electron chi connectivity index (χ2n) is 6.95. The first kappa shape index (κ1) is 21.8. The van der Waals surface area contributed by atoms with Crippen LogP contribution in [0.4, 0.5) is 0 Å². The number of amides is 1. The Morgan fingerprint density at radius 2 is 1.81 bits per heavy atom. The Labute approximate surface area is 180 Å². The fraction of sp³-hybridized carbons (Fsp3) is 0.136. The lowest BCUT2D eigenvalue weighted by atomic mass is 10.1. The molecular formula is C22H20N4O4S. The van der Waals surface area contributed by atoms with Gasteiger partial charge in [0.05, 0.1) is 16.7 Å². The first-order valence-electron chi connectivity index (χ1n) is 9.23. The summed E-state index contributed by atoms with van der Waals surface area (Å²) in [5, 5.41) is 22.4. The predicted octanol–water partition coefficient (Wildman–Crippen LogP) is 2.99. The molecule has 2 N–H and O–H groups in total. The van der Waals surface area contributed by atoms with E-state index in [9.17, 15) is 18.3 Å². The highest BCUT2D eigenvalue weighted by molar-refractivity contribution is 7.90. The monoisotopic (exact) mass is 436 g/mol. The van der Waals surface area contributed by atoms with Gasteiger partial charge in [-0.1, -0.05) is 17.7 Å². The van der Waals surface area contributed by atoms with Gasteiger partial charge >= 0.3 is 0 Å². The number of aryl methyl sites for hydroxylation is 2. The minimum Gasteiger partial charge on any atom is -0.507 e. The number of phenolic OH excluding ortho intramolecular Hbond substituents is 1. The molecule has 0 fully saturated rings. The third-order valence-electron chi connectivity index (χ3n) is 4.72. The molecule has 2 aromatic carbocycles. The average Bonchev–Trinajstić information content (AvgIpc) is 3.02. The standard InChI is InChI=1S/C22H20N4O4S/c1-14-4-7-20(8-5-14)31(29,30)26-15(2)10-19(16(26)3)13-24-25-22(28)17-6-9-21(27)18(11-17)12-23/h4-11,13,27H,1-3H3,(H,25,28). The second kappa shape index (κ2) is 8.45. The van der Waals surface area contributed by atoms with Crippen molar-refractivity contribution < 1.29 is 18.3 Å². The Morgan fingerprint density at radius 3 is 2.45 bits per heavy atom. The predicted molar refractivity (Wildman–Crippen MR) is 116 cm³/mol. The number of hydrazone groups is 1. The van der Waals surface area contributed by atoms with Crippen molar-refractivity contribution in [1.29, 1.82) is 5.26 Å². The highest BCUT2D eigenvalue weighted by Gasteiger charge is 2.22. The van der Waals surface area contributed by atoms with Crippen LogP contribution < -0.4 is 5.43 Å². The third-order valence-corrected chi connectivity index (χ3v) is 6.63. The molecule has 0 saturated carbocycles. The number of carbonyl (C=O) groups excluding carboxylic acids is 1. The van der Waals surface area contributed by atoms with Crippen LogP contribution in [0.2, 0.25) is 0 Å². The molecule has 31 heavy (non-hydrogen) atoms. The summed E-state index contributed by atoms with van der Waals surface area (Å²) in [6, 6.07) is 13.9. The number of hydrogen-bond donors (Lipinski definition) is 2. The highest BCUT2D eigenvalue weighted by atomic mass is 32.2. The summed E-state index contributed by atoms with van der Waals surface area (Å²) in [6.07, 6.45) is 1.35. The van der Waals surface area contributed by atoms with Gasteiger partial charge in [-0.3, -0.25) is 4.79 Å². The van der Waals surface area contributed by atoms with Crippen molar-refractivity contribution in [3.63, 3.8) is 0 Å². The molecule has 0 spiro atoms. The molecule has 0 atom stereocenters. The molecule has 3 aromatic rings. The first-order chi connectivity index (χ1) is 14.6. The van der Waals surface area contributed by atoms with Gasteiger partial charge in [0.1, 0.15) is 11.8 Å². The maximum atomic E-state index is 13.1. The lowest BCUT2D eigenvalue weighted by Crippen LogP contribution is -2.18. The molecule has 3 rings (SSSR count). The molecular weight excluding hydrogens is 416 g/mol. The Bertz CT molecular complexity index is 1330. The van der Waals surface area contributed by atoms with Gasteiger partial charge in [0.15, 0.2) is 0 Å². The summed E-state index contributed by atoms with van der Waals surface area (Å²) in [5.74, 6) is -0.793. The zero-order valence-corrected chi connectivity index (χ0v) is 17.9. The van der Waals surface area contributed by atoms with E-state index in [0.29, 0.717) is 17.0 Å². The van der Waals surface area contributed by atoms with E-state index in [4.69, 9.17) is 5.26 Å². The van der Waals surface area contributed by atoms with Gasteiger partial charge in [-0.25, -0.2) is 17.8 Å². The van der Waals surface area contributed by atoms with E-state index in [1.165, 1.54) is 28.4 Å². The minimum absolute atomic E-state index is 0.0264. The summed E-state index contributed by atoms with van der Waals surface area (Å²) in [7, 11) is -3.78. The van der Waals surface area contributed by atoms with E-state index >= 15 is 0 Å². The summed E-state index contributed by atoms with van der Waals surface area (Å²) >= 11 is 0. The number of nitrogens with one attached hydrogen (secondary N) is 1. The lowest BCUT2D eigenvalue weighted by molar-refractivity contribution is 0.0955. The fourth-order valence-corrected chi connectivity index (χ4v) is 4.67. The SMILES string of the molecule is Cc1ccc(S(=O)(=O)n2c(C)cc(C=NNC(=O)c3ccc(O)c(C#N)c3)c2C)cc1. The lowest BCUT2D eigenvalue weighted by Gasteiger charge is -2.11. The zero-order chi connectivity index (χ0) is 22.8. The van der Waals surface area contributed by atoms with Crippen LogP contribution in [0, 0.1) is 32.1 Å². The quantitative estimate of drug-likeness (QED) is 0.470. The van der Waals surface area contributed by atoms with Gasteiger partial charge < -0.3 is 5.11 Å². The Morgan fingerprint density at radius 1 is 1.13 bits per heavy atom. The van der Waals surface area contributed by atoms with Crippen molar-refractivity contribution in [2.75, 3.05) is 0 Å². The fourth-order valence-electron chi connectivity index (χ4n) is 3.08. The molecule has 1 amide bonds. The molecule has 0 aliphatic rings. The maximum Gasteiger partial charge on any atom is 0.271 e. The number of phenols is 1. The summed E-state index contributed by atoms with van der Waals surface area (Å²) < 4.78 is 27.4. The van der Waals surface area contributed by atoms with E-state index in [0.717, 1.165) is 5.56 Å². The molecule has 9 heteroatoms. The molecule has 0 aliphatic heterocycles. The number of aromatic hydroxyl groups is 1. The maximum absolute atomic E-state index is 13.1. The minimum atomic E-state index is -3.78. The van der Waals surface area contributed by atoms with Crippen molar-refractivity contribution in [3.8, 4) is 11.8 Å². The van der Waals surface area contributed by atoms with Gasteiger partial charge in [-0.2, -0.15) is 10.4 Å². The molecule has 0 bridgehead atoms. The number of hydrogen-bond acceptors (Lipinski definition) is 6. The van der Waals surface area contributed by atoms with Crippen LogP contribution in [0.1, 0.15) is 38.4 Å². The summed E-state index contributed by atoms with van der Waals surface area (Å²) in [5.41, 5.74) is 4.89. The van der Waals surface area contributed by atoms with E-state index in [2.05, 4.69) is 10.5 Å². The Kier molecular flexibility index (Phi) is 5.95. The Balaban J connectivity index is 1.84. The molecule has 0 unspecified atom stereocenters. The van der Waals surface area contributed by atoms with Crippen molar-refractivity contribution in [2.24, 2.45) is 5.10 Å². The van der Waals surface area contributed by atoms with Crippen molar-refractivity contribution in [3.05, 3.63) is 82.2 Å². The number of nitrogens with zero attached hydrogens (tertiary/aromatic N) is 3. The van der Waals surface area contributed by atoms with Crippen LogP contribution in [0.3, 0.4) is 0 Å². The molecule has 1 aromatic heterocycles. The van der Waals surface area contributed by atoms with E-state index < -0.39 is 15.9 Å². The van der Waals surface area contributed by atoms with Crippen molar-refractivity contribution in [1.82, 2.24) is 9.40 Å². The normalized spacial score (nSPS) is 11.4. The zero-order valence-electron chi connectivity index (χ0n) is 17.1.